The summed E-state index contributed by atoms with van der Waals surface area (Å²) >= 11 is 0. The van der Waals surface area contributed by atoms with Gasteiger partial charge in [0.2, 0.25) is 11.8 Å². The minimum atomic E-state index is -0.618. The maximum Gasteiger partial charge on any atom is 0.410 e. The Morgan fingerprint density at radius 1 is 0.620 bits per heavy atom. The molecule has 2 atom stereocenters. The van der Waals surface area contributed by atoms with Crippen molar-refractivity contribution >= 4 is 35.4 Å². The minimum Gasteiger partial charge on any atom is -0.444 e. The Kier molecular flexibility index (Phi) is 11.8. The van der Waals surface area contributed by atoms with Crippen LogP contribution in [0.5, 0.6) is 0 Å². The number of likely N-dealkylation sites (tertiary alicyclic amines) is 2. The Bertz CT molecular complexity index is 1390. The third kappa shape index (κ3) is 10.2. The topological polar surface area (TPSA) is 121 Å². The van der Waals surface area contributed by atoms with E-state index in [1.807, 2.05) is 65.8 Å². The molecule has 272 valence electrons. The van der Waals surface area contributed by atoms with E-state index in [1.165, 1.54) is 22.6 Å². The number of rotatable bonds is 9. The number of benzene rings is 2. The number of nitrogens with one attached hydrogen (secondary N) is 2. The quantitative estimate of drug-likeness (QED) is 0.283. The third-order valence-corrected chi connectivity index (χ3v) is 9.42. The van der Waals surface area contributed by atoms with Crippen LogP contribution in [0.4, 0.5) is 21.0 Å². The molecule has 2 N–H and O–H groups in total. The van der Waals surface area contributed by atoms with E-state index in [9.17, 15) is 19.2 Å². The fraction of sp³-hybridized carbons (Fsp3) is 0.590. The molecule has 2 heterocycles. The zero-order chi connectivity index (χ0) is 36.1. The summed E-state index contributed by atoms with van der Waals surface area (Å²) in [4.78, 5) is 57.3. The van der Waals surface area contributed by atoms with Crippen molar-refractivity contribution in [1.82, 2.24) is 14.7 Å². The van der Waals surface area contributed by atoms with Gasteiger partial charge in [-0.05, 0) is 115 Å². The molecule has 1 saturated carbocycles. The number of amides is 4. The third-order valence-electron chi connectivity index (χ3n) is 9.42. The van der Waals surface area contributed by atoms with Gasteiger partial charge in [0.05, 0.1) is 0 Å². The Hall–Kier alpha value is -4.12. The first-order chi connectivity index (χ1) is 23.6. The summed E-state index contributed by atoms with van der Waals surface area (Å²) in [5.41, 5.74) is 2.47. The molecular formula is C39H55N5O6. The summed E-state index contributed by atoms with van der Waals surface area (Å²) in [5.74, 6) is -0.395. The van der Waals surface area contributed by atoms with Crippen LogP contribution in [0.15, 0.2) is 48.5 Å². The van der Waals surface area contributed by atoms with E-state index >= 15 is 0 Å². The van der Waals surface area contributed by atoms with E-state index in [4.69, 9.17) is 9.47 Å². The second kappa shape index (κ2) is 15.8. The lowest BCUT2D eigenvalue weighted by molar-refractivity contribution is -0.121. The van der Waals surface area contributed by atoms with Crippen molar-refractivity contribution in [2.75, 3.05) is 23.7 Å². The van der Waals surface area contributed by atoms with Crippen LogP contribution in [0.25, 0.3) is 0 Å². The summed E-state index contributed by atoms with van der Waals surface area (Å²) < 4.78 is 11.0. The van der Waals surface area contributed by atoms with Gasteiger partial charge >= 0.3 is 12.2 Å². The summed E-state index contributed by atoms with van der Waals surface area (Å²) in [6, 6.07) is 15.3. The van der Waals surface area contributed by atoms with Gasteiger partial charge in [-0.1, -0.05) is 37.1 Å². The SMILES string of the molecule is CC(C)(C)OC(=O)N1CCC[C@H]1C(=O)Nc1ccc(CN(Cc2ccc(NC(=O)[C@@H]3CCCN3C(=O)OC(C)(C)C)cc2)C2CCCC2)cc1. The molecule has 3 aliphatic rings. The molecule has 0 aromatic heterocycles. The lowest BCUT2D eigenvalue weighted by atomic mass is 10.1. The van der Waals surface area contributed by atoms with Crippen molar-refractivity contribution in [3.63, 3.8) is 0 Å². The monoisotopic (exact) mass is 689 g/mol. The zero-order valence-electron chi connectivity index (χ0n) is 30.6. The Morgan fingerprint density at radius 2 is 1.00 bits per heavy atom. The molecule has 2 aromatic carbocycles. The number of anilines is 2. The van der Waals surface area contributed by atoms with Crippen LogP contribution >= 0.6 is 0 Å². The van der Waals surface area contributed by atoms with Crippen LogP contribution in [0, 0.1) is 0 Å². The number of hydrogen-bond donors (Lipinski definition) is 2. The molecule has 2 aromatic rings. The summed E-state index contributed by atoms with van der Waals surface area (Å²) in [7, 11) is 0. The van der Waals surface area contributed by atoms with Gasteiger partial charge in [-0.25, -0.2) is 9.59 Å². The fourth-order valence-electron chi connectivity index (χ4n) is 7.05. The van der Waals surface area contributed by atoms with Crippen LogP contribution in [0.2, 0.25) is 0 Å². The van der Waals surface area contributed by atoms with Gasteiger partial charge in [0.15, 0.2) is 0 Å². The van der Waals surface area contributed by atoms with Crippen molar-refractivity contribution < 1.29 is 28.7 Å². The normalized spacial score (nSPS) is 19.9. The van der Waals surface area contributed by atoms with Gasteiger partial charge in [0.25, 0.3) is 0 Å². The first-order valence-corrected chi connectivity index (χ1v) is 18.2. The largest absolute Gasteiger partial charge is 0.444 e. The Morgan fingerprint density at radius 3 is 1.36 bits per heavy atom. The fourth-order valence-corrected chi connectivity index (χ4v) is 7.05. The first kappa shape index (κ1) is 37.1. The average Bonchev–Trinajstić information content (AvgIpc) is 3.83. The van der Waals surface area contributed by atoms with Crippen LogP contribution in [0.1, 0.15) is 104 Å². The molecule has 0 spiro atoms. The summed E-state index contributed by atoms with van der Waals surface area (Å²) in [5, 5.41) is 6.01. The molecule has 1 aliphatic carbocycles. The van der Waals surface area contributed by atoms with E-state index in [-0.39, 0.29) is 11.8 Å². The van der Waals surface area contributed by atoms with E-state index < -0.39 is 35.5 Å². The number of ether oxygens (including phenoxy) is 2. The summed E-state index contributed by atoms with van der Waals surface area (Å²) in [6.45, 7) is 13.5. The smallest absolute Gasteiger partial charge is 0.410 e. The number of carbonyl (C=O) groups excluding carboxylic acids is 4. The molecule has 4 amide bonds. The standard InChI is InChI=1S/C39H55N5O6/c1-38(2,3)49-36(47)43-23-9-13-32(43)34(45)40-29-19-15-27(16-20-29)25-42(31-11-7-8-12-31)26-28-17-21-30(22-18-28)41-35(46)33-14-10-24-44(33)37(48)50-39(4,5)6/h15-22,31-33H,7-14,23-26H2,1-6H3,(H,40,45)(H,41,46)/t32-,33-/m0/s1. The van der Waals surface area contributed by atoms with Crippen molar-refractivity contribution in [2.24, 2.45) is 0 Å². The van der Waals surface area contributed by atoms with Gasteiger partial charge in [0, 0.05) is 43.6 Å². The van der Waals surface area contributed by atoms with Crippen LogP contribution < -0.4 is 10.6 Å². The highest BCUT2D eigenvalue weighted by atomic mass is 16.6. The Balaban J connectivity index is 1.16. The van der Waals surface area contributed by atoms with Gasteiger partial charge in [-0.2, -0.15) is 0 Å². The van der Waals surface area contributed by atoms with Gasteiger partial charge < -0.3 is 20.1 Å². The molecular weight excluding hydrogens is 634 g/mol. The van der Waals surface area contributed by atoms with Gasteiger partial charge in [-0.3, -0.25) is 24.3 Å². The van der Waals surface area contributed by atoms with Crippen LogP contribution in [0.3, 0.4) is 0 Å². The molecule has 0 radical (unpaired) electrons. The molecule has 0 unspecified atom stereocenters. The lowest BCUT2D eigenvalue weighted by Gasteiger charge is -2.29. The van der Waals surface area contributed by atoms with E-state index in [0.29, 0.717) is 43.3 Å². The lowest BCUT2D eigenvalue weighted by Crippen LogP contribution is -2.45. The zero-order valence-corrected chi connectivity index (χ0v) is 30.6. The molecule has 11 heteroatoms. The molecule has 2 saturated heterocycles. The van der Waals surface area contributed by atoms with Crippen molar-refractivity contribution in [2.45, 2.75) is 135 Å². The van der Waals surface area contributed by atoms with Crippen LogP contribution in [-0.2, 0) is 32.2 Å². The predicted molar refractivity (Wildman–Crippen MR) is 194 cm³/mol. The second-order valence-electron chi connectivity index (χ2n) is 15.9. The molecule has 50 heavy (non-hydrogen) atoms. The Labute approximate surface area is 297 Å². The molecule has 3 fully saturated rings. The van der Waals surface area contributed by atoms with Crippen molar-refractivity contribution in [1.29, 1.82) is 0 Å². The maximum atomic E-state index is 13.2. The number of nitrogens with zero attached hydrogens (tertiary/aromatic N) is 3. The molecule has 11 nitrogen and oxygen atoms in total. The average molecular weight is 690 g/mol. The molecule has 5 rings (SSSR count). The highest BCUT2D eigenvalue weighted by molar-refractivity contribution is 5.97. The van der Waals surface area contributed by atoms with Crippen LogP contribution in [-0.4, -0.2) is 81.1 Å². The van der Waals surface area contributed by atoms with Gasteiger partial charge in [-0.15, -0.1) is 0 Å². The molecule has 0 bridgehead atoms. The van der Waals surface area contributed by atoms with Gasteiger partial charge in [0.1, 0.15) is 23.3 Å². The van der Waals surface area contributed by atoms with Crippen molar-refractivity contribution in [3.8, 4) is 0 Å². The van der Waals surface area contributed by atoms with E-state index in [0.717, 1.165) is 49.9 Å². The number of hydrogen-bond acceptors (Lipinski definition) is 7. The molecule has 2 aliphatic heterocycles. The highest BCUT2D eigenvalue weighted by Gasteiger charge is 2.38. The number of carbonyl (C=O) groups is 4. The highest BCUT2D eigenvalue weighted by Crippen LogP contribution is 2.28. The second-order valence-corrected chi connectivity index (χ2v) is 15.9. The van der Waals surface area contributed by atoms with E-state index in [2.05, 4.69) is 39.8 Å². The summed E-state index contributed by atoms with van der Waals surface area (Å²) in [6.07, 6.45) is 6.61. The van der Waals surface area contributed by atoms with Crippen molar-refractivity contribution in [3.05, 3.63) is 59.7 Å². The maximum absolute atomic E-state index is 13.2. The first-order valence-electron chi connectivity index (χ1n) is 18.2. The predicted octanol–water partition coefficient (Wildman–Crippen LogP) is 7.31. The minimum absolute atomic E-state index is 0.197. The van der Waals surface area contributed by atoms with E-state index in [1.54, 1.807) is 0 Å².